The molecule has 1 aliphatic heterocycles. The normalized spacial score (nSPS) is 24.3. The molecule has 1 saturated heterocycles. The number of aliphatic hydroxyl groups is 1. The third-order valence-electron chi connectivity index (χ3n) is 5.01. The van der Waals surface area contributed by atoms with Crippen LogP contribution in [0, 0.1) is 5.41 Å². The maximum absolute atomic E-state index is 9.30. The third-order valence-corrected chi connectivity index (χ3v) is 5.01. The van der Waals surface area contributed by atoms with Crippen molar-refractivity contribution < 1.29 is 14.6 Å². The van der Waals surface area contributed by atoms with Crippen molar-refractivity contribution in [2.24, 2.45) is 10.4 Å². The molecule has 0 radical (unpaired) electrons. The van der Waals surface area contributed by atoms with E-state index in [-0.39, 0.29) is 36.0 Å². The third kappa shape index (κ3) is 8.41. The highest BCUT2D eigenvalue weighted by atomic mass is 127. The standard InChI is InChI=1S/C18H35N3O3.HI/c1-2-19-17(20-10-5-12-24-16-6-3-4-7-16)21-14-18(8-11-22)9-13-23-15-18;/h16,22H,2-15H2,1H3,(H2,19,20,21);1H. The number of nitrogens with zero attached hydrogens (tertiary/aromatic N) is 1. The number of hydrogen-bond donors (Lipinski definition) is 3. The summed E-state index contributed by atoms with van der Waals surface area (Å²) in [6.45, 7) is 6.96. The molecule has 1 unspecified atom stereocenters. The highest BCUT2D eigenvalue weighted by Gasteiger charge is 2.34. The van der Waals surface area contributed by atoms with Crippen molar-refractivity contribution in [3.8, 4) is 0 Å². The van der Waals surface area contributed by atoms with Crippen LogP contribution in [0.1, 0.15) is 51.9 Å². The van der Waals surface area contributed by atoms with Crippen molar-refractivity contribution in [3.63, 3.8) is 0 Å². The number of nitrogens with one attached hydrogen (secondary N) is 2. The predicted molar refractivity (Wildman–Crippen MR) is 112 cm³/mol. The van der Waals surface area contributed by atoms with E-state index >= 15 is 0 Å². The van der Waals surface area contributed by atoms with Gasteiger partial charge in [-0.25, -0.2) is 0 Å². The number of guanidine groups is 1. The molecule has 0 spiro atoms. The van der Waals surface area contributed by atoms with Crippen LogP contribution in [0.5, 0.6) is 0 Å². The van der Waals surface area contributed by atoms with Gasteiger partial charge in [0.05, 0.1) is 19.3 Å². The molecular formula is C18H36IN3O3. The summed E-state index contributed by atoms with van der Waals surface area (Å²) in [6.07, 6.45) is 8.31. The van der Waals surface area contributed by atoms with Gasteiger partial charge in [0.15, 0.2) is 5.96 Å². The first-order chi connectivity index (χ1) is 11.8. The van der Waals surface area contributed by atoms with Crippen LogP contribution in [-0.2, 0) is 9.47 Å². The summed E-state index contributed by atoms with van der Waals surface area (Å²) in [4.78, 5) is 4.72. The van der Waals surface area contributed by atoms with Gasteiger partial charge >= 0.3 is 0 Å². The number of aliphatic hydroxyl groups excluding tert-OH is 1. The topological polar surface area (TPSA) is 75.1 Å². The predicted octanol–water partition coefficient (Wildman–Crippen LogP) is 2.30. The first-order valence-electron chi connectivity index (χ1n) is 9.60. The quantitative estimate of drug-likeness (QED) is 0.198. The van der Waals surface area contributed by atoms with Gasteiger partial charge in [0.2, 0.25) is 0 Å². The summed E-state index contributed by atoms with van der Waals surface area (Å²) in [5.41, 5.74) is 0.00266. The Bertz CT molecular complexity index is 371. The molecule has 25 heavy (non-hydrogen) atoms. The van der Waals surface area contributed by atoms with E-state index in [1.54, 1.807) is 0 Å². The van der Waals surface area contributed by atoms with E-state index in [4.69, 9.17) is 14.5 Å². The fraction of sp³-hybridized carbons (Fsp3) is 0.944. The van der Waals surface area contributed by atoms with Gasteiger partial charge in [-0.2, -0.15) is 0 Å². The summed E-state index contributed by atoms with van der Waals surface area (Å²) in [5, 5.41) is 16.0. The molecule has 3 N–H and O–H groups in total. The monoisotopic (exact) mass is 469 g/mol. The van der Waals surface area contributed by atoms with E-state index in [1.807, 2.05) is 0 Å². The number of aliphatic imine (C=N–C) groups is 1. The maximum Gasteiger partial charge on any atom is 0.191 e. The molecule has 0 amide bonds. The molecule has 148 valence electrons. The maximum atomic E-state index is 9.30. The number of halogens is 1. The lowest BCUT2D eigenvalue weighted by molar-refractivity contribution is 0.0574. The van der Waals surface area contributed by atoms with Crippen molar-refractivity contribution in [1.82, 2.24) is 10.6 Å². The van der Waals surface area contributed by atoms with Crippen LogP contribution in [0.25, 0.3) is 0 Å². The van der Waals surface area contributed by atoms with Crippen LogP contribution in [0.15, 0.2) is 4.99 Å². The Balaban J connectivity index is 0.00000312. The van der Waals surface area contributed by atoms with Crippen LogP contribution in [0.2, 0.25) is 0 Å². The van der Waals surface area contributed by atoms with Gasteiger partial charge < -0.3 is 25.2 Å². The van der Waals surface area contributed by atoms with Crippen LogP contribution < -0.4 is 10.6 Å². The zero-order valence-corrected chi connectivity index (χ0v) is 17.9. The number of rotatable bonds is 10. The Morgan fingerprint density at radius 2 is 2.12 bits per heavy atom. The second-order valence-electron chi connectivity index (χ2n) is 7.03. The molecule has 2 aliphatic rings. The molecule has 0 bridgehead atoms. The van der Waals surface area contributed by atoms with E-state index in [2.05, 4.69) is 17.6 Å². The lowest BCUT2D eigenvalue weighted by Gasteiger charge is -2.24. The van der Waals surface area contributed by atoms with Crippen molar-refractivity contribution in [2.75, 3.05) is 46.1 Å². The van der Waals surface area contributed by atoms with E-state index in [1.165, 1.54) is 25.7 Å². The first-order valence-corrected chi connectivity index (χ1v) is 9.60. The number of ether oxygens (including phenoxy) is 2. The highest BCUT2D eigenvalue weighted by Crippen LogP contribution is 2.32. The molecule has 6 nitrogen and oxygen atoms in total. The summed E-state index contributed by atoms with van der Waals surface area (Å²) in [6, 6.07) is 0. The first kappa shape index (κ1) is 22.9. The van der Waals surface area contributed by atoms with Gasteiger partial charge in [0.25, 0.3) is 0 Å². The van der Waals surface area contributed by atoms with Gasteiger partial charge in [0, 0.05) is 38.3 Å². The Morgan fingerprint density at radius 3 is 2.76 bits per heavy atom. The molecule has 0 aromatic rings. The largest absolute Gasteiger partial charge is 0.396 e. The zero-order valence-electron chi connectivity index (χ0n) is 15.6. The Hall–Kier alpha value is -0.120. The molecular weight excluding hydrogens is 433 g/mol. The fourth-order valence-electron chi connectivity index (χ4n) is 3.46. The second-order valence-corrected chi connectivity index (χ2v) is 7.03. The highest BCUT2D eigenvalue weighted by molar-refractivity contribution is 14.0. The molecule has 2 fully saturated rings. The van der Waals surface area contributed by atoms with Crippen molar-refractivity contribution in [1.29, 1.82) is 0 Å². The minimum atomic E-state index is 0. The Kier molecular flexibility index (Phi) is 12.0. The van der Waals surface area contributed by atoms with Gasteiger partial charge in [-0.05, 0) is 39.0 Å². The van der Waals surface area contributed by atoms with E-state index in [0.29, 0.717) is 19.3 Å². The molecule has 2 rings (SSSR count). The lowest BCUT2D eigenvalue weighted by atomic mass is 9.84. The summed E-state index contributed by atoms with van der Waals surface area (Å²) in [7, 11) is 0. The molecule has 1 heterocycles. The summed E-state index contributed by atoms with van der Waals surface area (Å²) >= 11 is 0. The molecule has 7 heteroatoms. The van der Waals surface area contributed by atoms with Gasteiger partial charge in [-0.3, -0.25) is 4.99 Å². The van der Waals surface area contributed by atoms with Crippen LogP contribution in [-0.4, -0.2) is 63.2 Å². The minimum Gasteiger partial charge on any atom is -0.396 e. The summed E-state index contributed by atoms with van der Waals surface area (Å²) in [5.74, 6) is 0.850. The fourth-order valence-corrected chi connectivity index (χ4v) is 3.46. The molecule has 0 aromatic carbocycles. The van der Waals surface area contributed by atoms with Gasteiger partial charge in [0.1, 0.15) is 0 Å². The van der Waals surface area contributed by atoms with Crippen molar-refractivity contribution in [3.05, 3.63) is 0 Å². The van der Waals surface area contributed by atoms with Crippen molar-refractivity contribution >= 4 is 29.9 Å². The van der Waals surface area contributed by atoms with E-state index in [0.717, 1.165) is 51.5 Å². The van der Waals surface area contributed by atoms with Gasteiger partial charge in [-0.15, -0.1) is 24.0 Å². The molecule has 1 atom stereocenters. The number of hydrogen-bond acceptors (Lipinski definition) is 4. The van der Waals surface area contributed by atoms with Crippen LogP contribution in [0.3, 0.4) is 0 Å². The summed E-state index contributed by atoms with van der Waals surface area (Å²) < 4.78 is 11.4. The SMILES string of the molecule is CCNC(=NCC1(CCO)CCOC1)NCCCOC1CCCC1.I. The second kappa shape index (κ2) is 13.1. The van der Waals surface area contributed by atoms with Crippen LogP contribution >= 0.6 is 24.0 Å². The molecule has 1 aliphatic carbocycles. The van der Waals surface area contributed by atoms with Crippen LogP contribution in [0.4, 0.5) is 0 Å². The lowest BCUT2D eigenvalue weighted by Crippen LogP contribution is -2.39. The average Bonchev–Trinajstić information content (AvgIpc) is 3.25. The zero-order chi connectivity index (χ0) is 17.1. The average molecular weight is 469 g/mol. The van der Waals surface area contributed by atoms with E-state index in [9.17, 15) is 5.11 Å². The smallest absolute Gasteiger partial charge is 0.191 e. The van der Waals surface area contributed by atoms with Gasteiger partial charge in [-0.1, -0.05) is 12.8 Å². The molecule has 1 saturated carbocycles. The van der Waals surface area contributed by atoms with E-state index < -0.39 is 0 Å². The Morgan fingerprint density at radius 1 is 1.32 bits per heavy atom. The minimum absolute atomic E-state index is 0. The Labute approximate surface area is 169 Å². The van der Waals surface area contributed by atoms with Crippen molar-refractivity contribution in [2.45, 2.75) is 58.0 Å². The molecule has 0 aromatic heterocycles.